The first-order chi connectivity index (χ1) is 9.95. The molecule has 4 aliphatic rings. The summed E-state index contributed by atoms with van der Waals surface area (Å²) < 4.78 is 0. The van der Waals surface area contributed by atoms with Crippen LogP contribution in [0, 0.1) is 34.5 Å². The summed E-state index contributed by atoms with van der Waals surface area (Å²) in [5.41, 5.74) is 8.21. The van der Waals surface area contributed by atoms with Crippen molar-refractivity contribution >= 4 is 5.78 Å². The van der Waals surface area contributed by atoms with Crippen molar-refractivity contribution in [1.29, 1.82) is 0 Å². The van der Waals surface area contributed by atoms with Crippen LogP contribution in [0.5, 0.6) is 0 Å². The minimum Gasteiger partial charge on any atom is -0.402 e. The number of carbonyl (C=O) groups is 1. The van der Waals surface area contributed by atoms with Crippen molar-refractivity contribution in [2.24, 2.45) is 40.2 Å². The highest BCUT2D eigenvalue weighted by Gasteiger charge is 2.58. The Labute approximate surface area is 128 Å². The topological polar surface area (TPSA) is 43.1 Å². The number of fused-ring (bicyclic) bond motifs is 5. The maximum Gasteiger partial charge on any atom is 0.133 e. The van der Waals surface area contributed by atoms with Crippen LogP contribution in [-0.4, -0.2) is 5.78 Å². The molecule has 0 unspecified atom stereocenters. The van der Waals surface area contributed by atoms with E-state index >= 15 is 0 Å². The summed E-state index contributed by atoms with van der Waals surface area (Å²) in [5.74, 6) is 3.63. The van der Waals surface area contributed by atoms with Crippen molar-refractivity contribution < 1.29 is 4.79 Å². The van der Waals surface area contributed by atoms with Crippen molar-refractivity contribution in [2.75, 3.05) is 0 Å². The van der Waals surface area contributed by atoms with Gasteiger partial charge in [0.05, 0.1) is 0 Å². The van der Waals surface area contributed by atoms with E-state index in [0.717, 1.165) is 42.7 Å². The lowest BCUT2D eigenvalue weighted by Gasteiger charge is -2.59. The van der Waals surface area contributed by atoms with Crippen LogP contribution < -0.4 is 5.73 Å². The van der Waals surface area contributed by atoms with Gasteiger partial charge in [0.1, 0.15) is 5.78 Å². The Morgan fingerprint density at radius 3 is 2.76 bits per heavy atom. The molecule has 2 heteroatoms. The molecule has 0 heterocycles. The van der Waals surface area contributed by atoms with Gasteiger partial charge in [0.15, 0.2) is 0 Å². The molecule has 0 radical (unpaired) electrons. The van der Waals surface area contributed by atoms with Crippen molar-refractivity contribution in [3.8, 4) is 0 Å². The van der Waals surface area contributed by atoms with Crippen LogP contribution in [-0.2, 0) is 4.79 Å². The summed E-state index contributed by atoms with van der Waals surface area (Å²) in [4.78, 5) is 11.9. The van der Waals surface area contributed by atoms with Gasteiger partial charge in [0.2, 0.25) is 0 Å². The first kappa shape index (κ1) is 13.8. The smallest absolute Gasteiger partial charge is 0.133 e. The average molecular weight is 287 g/mol. The fourth-order valence-electron chi connectivity index (χ4n) is 6.65. The van der Waals surface area contributed by atoms with Crippen LogP contribution in [0.4, 0.5) is 0 Å². The first-order valence-electron chi connectivity index (χ1n) is 8.93. The molecule has 0 bridgehead atoms. The summed E-state index contributed by atoms with van der Waals surface area (Å²) >= 11 is 0. The van der Waals surface area contributed by atoms with E-state index in [9.17, 15) is 4.79 Å². The molecule has 0 spiro atoms. The zero-order valence-electron chi connectivity index (χ0n) is 13.5. The van der Waals surface area contributed by atoms with E-state index in [1.54, 1.807) is 0 Å². The van der Waals surface area contributed by atoms with Crippen LogP contribution in [0.15, 0.2) is 11.8 Å². The minimum absolute atomic E-state index is 0.273. The highest BCUT2D eigenvalue weighted by molar-refractivity contribution is 5.79. The van der Waals surface area contributed by atoms with Crippen LogP contribution in [0.25, 0.3) is 0 Å². The lowest BCUT2D eigenvalue weighted by molar-refractivity contribution is -0.137. The molecule has 4 rings (SSSR count). The van der Waals surface area contributed by atoms with E-state index in [4.69, 9.17) is 5.73 Å². The van der Waals surface area contributed by atoms with Gasteiger partial charge in [0, 0.05) is 24.0 Å². The second kappa shape index (κ2) is 4.36. The van der Waals surface area contributed by atoms with Gasteiger partial charge in [-0.1, -0.05) is 19.9 Å². The van der Waals surface area contributed by atoms with E-state index in [1.807, 2.05) is 0 Å². The predicted octanol–water partition coefficient (Wildman–Crippen LogP) is 4.05. The molecule has 0 saturated heterocycles. The quantitative estimate of drug-likeness (QED) is 0.730. The molecule has 0 amide bonds. The number of hydrogen-bond donors (Lipinski definition) is 1. The van der Waals surface area contributed by atoms with Crippen LogP contribution in [0.3, 0.4) is 0 Å². The maximum atomic E-state index is 11.9. The number of rotatable bonds is 0. The molecule has 0 aromatic carbocycles. The van der Waals surface area contributed by atoms with Crippen molar-refractivity contribution in [2.45, 2.75) is 65.2 Å². The Hall–Kier alpha value is -0.790. The molecule has 2 nitrogen and oxygen atoms in total. The number of nitrogens with two attached hydrogens (primary N) is 1. The van der Waals surface area contributed by atoms with Gasteiger partial charge in [-0.15, -0.1) is 0 Å². The Morgan fingerprint density at radius 2 is 1.95 bits per heavy atom. The van der Waals surface area contributed by atoms with Gasteiger partial charge < -0.3 is 5.73 Å². The summed E-state index contributed by atoms with van der Waals surface area (Å²) in [5, 5.41) is 0. The van der Waals surface area contributed by atoms with E-state index in [-0.39, 0.29) is 5.41 Å². The van der Waals surface area contributed by atoms with Crippen molar-refractivity contribution in [1.82, 2.24) is 0 Å². The zero-order chi connectivity index (χ0) is 14.8. The predicted molar refractivity (Wildman–Crippen MR) is 84.4 cm³/mol. The number of allylic oxidation sites excluding steroid dienone is 2. The average Bonchev–Trinajstić information content (AvgIpc) is 2.76. The summed E-state index contributed by atoms with van der Waals surface area (Å²) in [6, 6.07) is 0. The summed E-state index contributed by atoms with van der Waals surface area (Å²) in [6.45, 7) is 4.92. The molecule has 0 aromatic heterocycles. The third-order valence-corrected chi connectivity index (χ3v) is 8.12. The Bertz CT molecular complexity index is 510. The normalized spacial score (nSPS) is 52.7. The fourth-order valence-corrected chi connectivity index (χ4v) is 6.65. The van der Waals surface area contributed by atoms with Crippen LogP contribution in [0.2, 0.25) is 0 Å². The molecule has 21 heavy (non-hydrogen) atoms. The standard InChI is InChI=1S/C19H29NO/c1-18-9-7-13(21)11-12(18)3-4-14-15-5-6-17(20)19(15,2)10-8-16(14)18/h6,12,14-16H,3-5,7-11,20H2,1-2H3/t12-,14-,15-,16-,18-,19-/m0/s1. The van der Waals surface area contributed by atoms with Crippen molar-refractivity contribution in [3.05, 3.63) is 11.8 Å². The molecular weight excluding hydrogens is 258 g/mol. The fraction of sp³-hybridized carbons (Fsp3) is 0.842. The zero-order valence-corrected chi connectivity index (χ0v) is 13.5. The Kier molecular flexibility index (Phi) is 2.88. The Balaban J connectivity index is 1.64. The molecule has 3 fully saturated rings. The lowest BCUT2D eigenvalue weighted by atomic mass is 9.45. The third-order valence-electron chi connectivity index (χ3n) is 8.12. The minimum atomic E-state index is 0.273. The summed E-state index contributed by atoms with van der Waals surface area (Å²) in [6.07, 6.45) is 11.5. The second-order valence-corrected chi connectivity index (χ2v) is 8.75. The SMILES string of the molecule is C[C@]12CCC(=O)C[C@@H]1CC[C@@H]1[C@@H]2CC[C@]2(C)C(N)=CC[C@@H]12. The monoisotopic (exact) mass is 287 g/mol. The van der Waals surface area contributed by atoms with Gasteiger partial charge in [-0.2, -0.15) is 0 Å². The number of ketones is 1. The molecule has 116 valence electrons. The van der Waals surface area contributed by atoms with E-state index < -0.39 is 0 Å². The lowest BCUT2D eigenvalue weighted by Crippen LogP contribution is -2.53. The molecule has 4 aliphatic carbocycles. The molecule has 2 N–H and O–H groups in total. The van der Waals surface area contributed by atoms with Gasteiger partial charge >= 0.3 is 0 Å². The highest BCUT2D eigenvalue weighted by Crippen LogP contribution is 2.65. The third kappa shape index (κ3) is 1.74. The molecular formula is C19H29NO. The molecule has 0 aromatic rings. The largest absolute Gasteiger partial charge is 0.402 e. The number of Topliss-reactive ketones (excluding diaryl/α,β-unsaturated/α-hetero) is 1. The Morgan fingerprint density at radius 1 is 1.14 bits per heavy atom. The molecule has 0 aliphatic heterocycles. The van der Waals surface area contributed by atoms with Crippen molar-refractivity contribution in [3.63, 3.8) is 0 Å². The van der Waals surface area contributed by atoms with Gasteiger partial charge in [-0.3, -0.25) is 4.79 Å². The number of carbonyl (C=O) groups excluding carboxylic acids is 1. The van der Waals surface area contributed by atoms with E-state index in [0.29, 0.717) is 17.1 Å². The summed E-state index contributed by atoms with van der Waals surface area (Å²) in [7, 11) is 0. The van der Waals surface area contributed by atoms with Gasteiger partial charge in [-0.05, 0) is 67.6 Å². The van der Waals surface area contributed by atoms with Crippen LogP contribution >= 0.6 is 0 Å². The van der Waals surface area contributed by atoms with E-state index in [1.165, 1.54) is 32.1 Å². The van der Waals surface area contributed by atoms with Crippen LogP contribution in [0.1, 0.15) is 65.2 Å². The maximum absolute atomic E-state index is 11.9. The molecule has 6 atom stereocenters. The van der Waals surface area contributed by atoms with Gasteiger partial charge in [0.25, 0.3) is 0 Å². The van der Waals surface area contributed by atoms with Gasteiger partial charge in [-0.25, -0.2) is 0 Å². The first-order valence-corrected chi connectivity index (χ1v) is 8.93. The highest BCUT2D eigenvalue weighted by atomic mass is 16.1. The van der Waals surface area contributed by atoms with E-state index in [2.05, 4.69) is 19.9 Å². The number of hydrogen-bond acceptors (Lipinski definition) is 2. The molecule has 3 saturated carbocycles. The second-order valence-electron chi connectivity index (χ2n) is 8.75.